The van der Waals surface area contributed by atoms with Crippen LogP contribution in [0.25, 0.3) is 0 Å². The van der Waals surface area contributed by atoms with Gasteiger partial charge in [-0.05, 0) is 18.2 Å². The second-order valence-electron chi connectivity index (χ2n) is 2.73. The molecule has 0 N–H and O–H groups in total. The predicted octanol–water partition coefficient (Wildman–Crippen LogP) is 3.73. The van der Waals surface area contributed by atoms with Crippen molar-refractivity contribution in [3.8, 4) is 0 Å². The Balaban J connectivity index is 3.46. The Labute approximate surface area is 89.2 Å². The summed E-state index contributed by atoms with van der Waals surface area (Å²) in [5.41, 5.74) is -1.60. The highest BCUT2D eigenvalue weighted by atomic mass is 35.5. The van der Waals surface area contributed by atoms with E-state index in [-0.39, 0.29) is 5.02 Å². The van der Waals surface area contributed by atoms with Gasteiger partial charge in [0.15, 0.2) is 5.78 Å². The Hall–Kier alpha value is -1.29. The summed E-state index contributed by atoms with van der Waals surface area (Å²) in [6, 6.07) is 3.18. The second kappa shape index (κ2) is 4.06. The third kappa shape index (κ3) is 2.39. The molecule has 0 spiro atoms. The normalized spacial score (nSPS) is 11.2. The first-order valence-corrected chi connectivity index (χ1v) is 4.28. The molecule has 80 valence electrons. The Morgan fingerprint density at radius 2 is 2.00 bits per heavy atom. The van der Waals surface area contributed by atoms with Gasteiger partial charge in [-0.2, -0.15) is 13.2 Å². The summed E-state index contributed by atoms with van der Waals surface area (Å²) in [7, 11) is 0. The smallest absolute Gasteiger partial charge is 0.289 e. The molecule has 1 aromatic rings. The van der Waals surface area contributed by atoms with E-state index in [0.29, 0.717) is 0 Å². The van der Waals surface area contributed by atoms with Crippen molar-refractivity contribution >= 4 is 17.4 Å². The van der Waals surface area contributed by atoms with E-state index >= 15 is 0 Å². The Morgan fingerprint density at radius 1 is 1.40 bits per heavy atom. The molecule has 1 rings (SSSR count). The van der Waals surface area contributed by atoms with Gasteiger partial charge in [-0.15, -0.1) is 0 Å². The van der Waals surface area contributed by atoms with Crippen LogP contribution in [0.15, 0.2) is 30.9 Å². The average molecular weight is 235 g/mol. The SMILES string of the molecule is C=CC(=O)c1c(Cl)cccc1C(F)(F)F. The molecule has 0 fully saturated rings. The number of halogens is 4. The zero-order chi connectivity index (χ0) is 11.6. The molecule has 0 aliphatic rings. The number of benzene rings is 1. The Kier molecular flexibility index (Phi) is 3.19. The van der Waals surface area contributed by atoms with Gasteiger partial charge >= 0.3 is 6.18 Å². The molecule has 0 saturated heterocycles. The molecule has 0 heterocycles. The van der Waals surface area contributed by atoms with E-state index in [0.717, 1.165) is 18.2 Å². The van der Waals surface area contributed by atoms with Crippen molar-refractivity contribution in [2.24, 2.45) is 0 Å². The van der Waals surface area contributed by atoms with E-state index in [4.69, 9.17) is 11.6 Å². The standard InChI is InChI=1S/C10H6ClF3O/c1-2-8(15)9-6(10(12,13)14)4-3-5-7(9)11/h2-5H,1H2. The number of hydrogen-bond donors (Lipinski definition) is 0. The van der Waals surface area contributed by atoms with Gasteiger partial charge in [-0.25, -0.2) is 0 Å². The molecule has 0 aromatic heterocycles. The lowest BCUT2D eigenvalue weighted by Gasteiger charge is -2.11. The summed E-state index contributed by atoms with van der Waals surface area (Å²) in [5.74, 6) is -0.840. The molecule has 0 bridgehead atoms. The summed E-state index contributed by atoms with van der Waals surface area (Å²) in [5, 5.41) is -0.227. The molecule has 15 heavy (non-hydrogen) atoms. The molecule has 0 saturated carbocycles. The van der Waals surface area contributed by atoms with Gasteiger partial charge in [0.25, 0.3) is 0 Å². The summed E-state index contributed by atoms with van der Waals surface area (Å²) >= 11 is 5.54. The maximum absolute atomic E-state index is 12.5. The molecule has 1 nitrogen and oxygen atoms in total. The molecule has 0 amide bonds. The topological polar surface area (TPSA) is 17.1 Å². The maximum Gasteiger partial charge on any atom is 0.417 e. The summed E-state index contributed by atoms with van der Waals surface area (Å²) < 4.78 is 37.4. The predicted molar refractivity (Wildman–Crippen MR) is 51.0 cm³/mol. The third-order valence-corrected chi connectivity index (χ3v) is 2.07. The molecule has 0 unspecified atom stereocenters. The number of allylic oxidation sites excluding steroid dienone is 1. The molecule has 5 heteroatoms. The van der Waals surface area contributed by atoms with Crippen LogP contribution < -0.4 is 0 Å². The second-order valence-corrected chi connectivity index (χ2v) is 3.14. The zero-order valence-corrected chi connectivity index (χ0v) is 8.19. The number of ketones is 1. The lowest BCUT2D eigenvalue weighted by atomic mass is 10.0. The molecule has 0 radical (unpaired) electrons. The van der Waals surface area contributed by atoms with Crippen molar-refractivity contribution in [2.75, 3.05) is 0 Å². The van der Waals surface area contributed by atoms with Crippen molar-refractivity contribution in [1.29, 1.82) is 0 Å². The number of hydrogen-bond acceptors (Lipinski definition) is 1. The van der Waals surface area contributed by atoms with Crippen LogP contribution in [0.3, 0.4) is 0 Å². The fourth-order valence-electron chi connectivity index (χ4n) is 1.11. The van der Waals surface area contributed by atoms with E-state index in [2.05, 4.69) is 6.58 Å². The van der Waals surface area contributed by atoms with Crippen LogP contribution in [-0.4, -0.2) is 5.78 Å². The van der Waals surface area contributed by atoms with E-state index in [1.54, 1.807) is 0 Å². The van der Waals surface area contributed by atoms with Crippen LogP contribution in [0.4, 0.5) is 13.2 Å². The fraction of sp³-hybridized carbons (Fsp3) is 0.100. The van der Waals surface area contributed by atoms with Crippen LogP contribution in [0, 0.1) is 0 Å². The van der Waals surface area contributed by atoms with Crippen molar-refractivity contribution < 1.29 is 18.0 Å². The van der Waals surface area contributed by atoms with E-state index < -0.39 is 23.1 Å². The highest BCUT2D eigenvalue weighted by molar-refractivity contribution is 6.34. The van der Waals surface area contributed by atoms with Crippen molar-refractivity contribution in [2.45, 2.75) is 6.18 Å². The molecule has 0 atom stereocenters. The number of alkyl halides is 3. The summed E-state index contributed by atoms with van der Waals surface area (Å²) in [4.78, 5) is 11.2. The average Bonchev–Trinajstić information content (AvgIpc) is 2.15. The van der Waals surface area contributed by atoms with Crippen LogP contribution >= 0.6 is 11.6 Å². The minimum atomic E-state index is -4.60. The quantitative estimate of drug-likeness (QED) is 0.563. The Morgan fingerprint density at radius 3 is 2.47 bits per heavy atom. The van der Waals surface area contributed by atoms with Crippen molar-refractivity contribution in [3.63, 3.8) is 0 Å². The van der Waals surface area contributed by atoms with Crippen LogP contribution in [0.5, 0.6) is 0 Å². The number of rotatable bonds is 2. The molecular formula is C10H6ClF3O. The fourth-order valence-corrected chi connectivity index (χ4v) is 1.38. The molecule has 0 aliphatic heterocycles. The summed E-state index contributed by atoms with van der Waals surface area (Å²) in [6.07, 6.45) is -3.80. The molecule has 0 aliphatic carbocycles. The first kappa shape index (κ1) is 11.8. The van der Waals surface area contributed by atoms with Gasteiger partial charge in [-0.1, -0.05) is 24.2 Å². The van der Waals surface area contributed by atoms with Gasteiger partial charge < -0.3 is 0 Å². The molecular weight excluding hydrogens is 229 g/mol. The minimum Gasteiger partial charge on any atom is -0.289 e. The third-order valence-electron chi connectivity index (χ3n) is 1.75. The van der Waals surface area contributed by atoms with Crippen molar-refractivity contribution in [3.05, 3.63) is 47.0 Å². The van der Waals surface area contributed by atoms with E-state index in [9.17, 15) is 18.0 Å². The maximum atomic E-state index is 12.5. The first-order valence-electron chi connectivity index (χ1n) is 3.90. The van der Waals surface area contributed by atoms with Crippen LogP contribution in [0.2, 0.25) is 5.02 Å². The lowest BCUT2D eigenvalue weighted by Crippen LogP contribution is -2.12. The highest BCUT2D eigenvalue weighted by Gasteiger charge is 2.35. The van der Waals surface area contributed by atoms with Gasteiger partial charge in [0.2, 0.25) is 0 Å². The summed E-state index contributed by atoms with van der Waals surface area (Å²) in [6.45, 7) is 3.13. The monoisotopic (exact) mass is 234 g/mol. The largest absolute Gasteiger partial charge is 0.417 e. The van der Waals surface area contributed by atoms with Crippen LogP contribution in [-0.2, 0) is 6.18 Å². The number of carbonyl (C=O) groups excluding carboxylic acids is 1. The van der Waals surface area contributed by atoms with Gasteiger partial charge in [-0.3, -0.25) is 4.79 Å². The zero-order valence-electron chi connectivity index (χ0n) is 7.44. The Bertz CT molecular complexity index is 410. The minimum absolute atomic E-state index is 0.227. The van der Waals surface area contributed by atoms with Crippen LogP contribution in [0.1, 0.15) is 15.9 Å². The van der Waals surface area contributed by atoms with E-state index in [1.165, 1.54) is 6.07 Å². The van der Waals surface area contributed by atoms with E-state index in [1.807, 2.05) is 0 Å². The van der Waals surface area contributed by atoms with Crippen molar-refractivity contribution in [1.82, 2.24) is 0 Å². The van der Waals surface area contributed by atoms with Gasteiger partial charge in [0.05, 0.1) is 16.1 Å². The van der Waals surface area contributed by atoms with Gasteiger partial charge in [0, 0.05) is 0 Å². The highest BCUT2D eigenvalue weighted by Crippen LogP contribution is 2.35. The van der Waals surface area contributed by atoms with Gasteiger partial charge in [0.1, 0.15) is 0 Å². The lowest BCUT2D eigenvalue weighted by molar-refractivity contribution is -0.137. The number of carbonyl (C=O) groups is 1. The molecule has 1 aromatic carbocycles. The first-order chi connectivity index (χ1) is 6.88.